The third kappa shape index (κ3) is 2.51. The van der Waals surface area contributed by atoms with Gasteiger partial charge in [-0.25, -0.2) is 4.79 Å². The lowest BCUT2D eigenvalue weighted by Crippen LogP contribution is -2.34. The molecule has 1 atom stereocenters. The van der Waals surface area contributed by atoms with Crippen molar-refractivity contribution in [2.75, 3.05) is 6.54 Å². The minimum atomic E-state index is -1.16. The normalized spacial score (nSPS) is 12.0. The third-order valence-corrected chi connectivity index (χ3v) is 3.78. The molecule has 4 nitrogen and oxygen atoms in total. The van der Waals surface area contributed by atoms with Crippen molar-refractivity contribution in [1.82, 2.24) is 4.90 Å². The van der Waals surface area contributed by atoms with E-state index in [1.165, 1.54) is 17.4 Å². The van der Waals surface area contributed by atoms with Crippen molar-refractivity contribution in [2.24, 2.45) is 0 Å². The maximum atomic E-state index is 11.2. The first-order valence-corrected chi connectivity index (χ1v) is 6.51. The molecule has 1 heterocycles. The molecule has 1 unspecified atom stereocenters. The summed E-state index contributed by atoms with van der Waals surface area (Å²) in [4.78, 5) is 23.5. The fourth-order valence-corrected chi connectivity index (χ4v) is 2.92. The van der Waals surface area contributed by atoms with E-state index in [-0.39, 0.29) is 6.54 Å². The summed E-state index contributed by atoms with van der Waals surface area (Å²) in [7, 11) is 0. The number of fused-ring (bicyclic) bond motifs is 1. The van der Waals surface area contributed by atoms with E-state index in [1.54, 1.807) is 5.38 Å². The number of thiophene rings is 1. The van der Waals surface area contributed by atoms with E-state index in [0.717, 1.165) is 15.0 Å². The van der Waals surface area contributed by atoms with Crippen molar-refractivity contribution in [2.45, 2.75) is 6.04 Å². The Bertz CT molecular complexity index is 620. The quantitative estimate of drug-likeness (QED) is 0.852. The van der Waals surface area contributed by atoms with Gasteiger partial charge in [0.1, 0.15) is 6.04 Å². The average Bonchev–Trinajstić information content (AvgIpc) is 2.83. The van der Waals surface area contributed by atoms with Gasteiger partial charge in [0.05, 0.1) is 0 Å². The standard InChI is InChI=1S/C14H12NO3S/c1-2-7-15(14(17)18)12(8-16)11-9-19-13-6-4-3-5-10(11)13/h2-6,9,12H,1,7H2,(H,17,18). The Labute approximate surface area is 114 Å². The summed E-state index contributed by atoms with van der Waals surface area (Å²) in [6.07, 6.45) is 2.10. The Kier molecular flexibility index (Phi) is 3.97. The molecule has 97 valence electrons. The highest BCUT2D eigenvalue weighted by Gasteiger charge is 2.26. The number of benzene rings is 1. The van der Waals surface area contributed by atoms with Gasteiger partial charge in [-0.2, -0.15) is 0 Å². The van der Waals surface area contributed by atoms with Crippen LogP contribution in [0.4, 0.5) is 4.79 Å². The molecule has 1 N–H and O–H groups in total. The molecule has 1 aromatic heterocycles. The molecule has 1 amide bonds. The van der Waals surface area contributed by atoms with Crippen LogP contribution in [0.15, 0.2) is 42.3 Å². The van der Waals surface area contributed by atoms with Gasteiger partial charge < -0.3 is 5.11 Å². The van der Waals surface area contributed by atoms with Crippen molar-refractivity contribution in [3.63, 3.8) is 0 Å². The van der Waals surface area contributed by atoms with E-state index >= 15 is 0 Å². The van der Waals surface area contributed by atoms with Crippen LogP contribution in [0, 0.1) is 0 Å². The van der Waals surface area contributed by atoms with Crippen LogP contribution in [0.25, 0.3) is 10.1 Å². The van der Waals surface area contributed by atoms with Crippen LogP contribution in [0.2, 0.25) is 0 Å². The van der Waals surface area contributed by atoms with Gasteiger partial charge in [-0.3, -0.25) is 9.69 Å². The van der Waals surface area contributed by atoms with Crippen molar-refractivity contribution < 1.29 is 14.7 Å². The number of carbonyl (C=O) groups is 1. The average molecular weight is 274 g/mol. The number of nitrogens with zero attached hydrogens (tertiary/aromatic N) is 1. The number of hydrogen-bond acceptors (Lipinski definition) is 3. The minimum absolute atomic E-state index is 0.0828. The van der Waals surface area contributed by atoms with Gasteiger partial charge in [-0.05, 0) is 16.8 Å². The van der Waals surface area contributed by atoms with Crippen molar-refractivity contribution in [3.05, 3.63) is 47.9 Å². The summed E-state index contributed by atoms with van der Waals surface area (Å²) in [5.74, 6) is 0. The van der Waals surface area contributed by atoms with Gasteiger partial charge in [-0.15, -0.1) is 17.9 Å². The molecule has 0 spiro atoms. The van der Waals surface area contributed by atoms with Crippen LogP contribution in [0.5, 0.6) is 0 Å². The molecule has 19 heavy (non-hydrogen) atoms. The van der Waals surface area contributed by atoms with Gasteiger partial charge >= 0.3 is 6.09 Å². The highest BCUT2D eigenvalue weighted by Crippen LogP contribution is 2.32. The van der Waals surface area contributed by atoms with Gasteiger partial charge in [-0.1, -0.05) is 24.3 Å². The molecular weight excluding hydrogens is 262 g/mol. The van der Waals surface area contributed by atoms with E-state index < -0.39 is 12.1 Å². The molecule has 1 radical (unpaired) electrons. The molecule has 0 saturated heterocycles. The largest absolute Gasteiger partial charge is 0.465 e. The second-order valence-electron chi connectivity index (χ2n) is 3.93. The van der Waals surface area contributed by atoms with E-state index in [4.69, 9.17) is 0 Å². The summed E-state index contributed by atoms with van der Waals surface area (Å²) in [5.41, 5.74) is 0.667. The highest BCUT2D eigenvalue weighted by atomic mass is 32.1. The predicted molar refractivity (Wildman–Crippen MR) is 75.2 cm³/mol. The fraction of sp³-hybridized carbons (Fsp3) is 0.143. The van der Waals surface area contributed by atoms with Gasteiger partial charge in [0, 0.05) is 16.8 Å². The lowest BCUT2D eigenvalue weighted by molar-refractivity contribution is 0.142. The van der Waals surface area contributed by atoms with Crippen LogP contribution in [0.3, 0.4) is 0 Å². The lowest BCUT2D eigenvalue weighted by Gasteiger charge is -2.23. The summed E-state index contributed by atoms with van der Waals surface area (Å²) >= 11 is 1.48. The van der Waals surface area contributed by atoms with Crippen LogP contribution < -0.4 is 0 Å². The molecule has 5 heteroatoms. The number of hydrogen-bond donors (Lipinski definition) is 1. The van der Waals surface area contributed by atoms with Crippen LogP contribution in [-0.4, -0.2) is 28.9 Å². The highest BCUT2D eigenvalue weighted by molar-refractivity contribution is 7.17. The molecule has 1 aromatic carbocycles. The summed E-state index contributed by atoms with van der Waals surface area (Å²) in [6, 6.07) is 6.65. The van der Waals surface area contributed by atoms with Crippen LogP contribution in [0.1, 0.15) is 11.6 Å². The van der Waals surface area contributed by atoms with Gasteiger partial charge in [0.25, 0.3) is 0 Å². The van der Waals surface area contributed by atoms with Crippen LogP contribution >= 0.6 is 11.3 Å². The summed E-state index contributed by atoms with van der Waals surface area (Å²) in [5, 5.41) is 11.9. The predicted octanol–water partition coefficient (Wildman–Crippen LogP) is 3.22. The number of rotatable bonds is 5. The van der Waals surface area contributed by atoms with Crippen molar-refractivity contribution in [1.29, 1.82) is 0 Å². The zero-order valence-electron chi connectivity index (χ0n) is 10.1. The maximum absolute atomic E-state index is 11.2. The zero-order chi connectivity index (χ0) is 13.8. The Hall–Kier alpha value is -2.14. The van der Waals surface area contributed by atoms with E-state index in [0.29, 0.717) is 5.56 Å². The lowest BCUT2D eigenvalue weighted by atomic mass is 10.1. The second kappa shape index (κ2) is 5.67. The number of carbonyl (C=O) groups excluding carboxylic acids is 1. The zero-order valence-corrected chi connectivity index (χ0v) is 10.9. The van der Waals surface area contributed by atoms with Gasteiger partial charge in [0.2, 0.25) is 6.29 Å². The SMILES string of the molecule is C=CCN(C(=O)O)C([C]=O)c1csc2ccccc12. The molecule has 0 saturated carbocycles. The molecular formula is C14H12NO3S. The fourth-order valence-electron chi connectivity index (χ4n) is 1.94. The molecule has 0 bridgehead atoms. The van der Waals surface area contributed by atoms with Crippen LogP contribution in [-0.2, 0) is 4.79 Å². The maximum Gasteiger partial charge on any atom is 0.408 e. The molecule has 2 aromatic rings. The molecule has 0 aliphatic heterocycles. The molecule has 0 fully saturated rings. The van der Waals surface area contributed by atoms with Crippen molar-refractivity contribution in [3.8, 4) is 0 Å². The van der Waals surface area contributed by atoms with E-state index in [9.17, 15) is 14.7 Å². The Morgan fingerprint density at radius 1 is 1.53 bits per heavy atom. The van der Waals surface area contributed by atoms with Gasteiger partial charge in [0.15, 0.2) is 0 Å². The second-order valence-corrected chi connectivity index (χ2v) is 4.84. The topological polar surface area (TPSA) is 57.6 Å². The Morgan fingerprint density at radius 2 is 2.26 bits per heavy atom. The number of carboxylic acid groups (broad SMARTS) is 1. The first-order valence-electron chi connectivity index (χ1n) is 5.63. The first kappa shape index (κ1) is 13.3. The smallest absolute Gasteiger partial charge is 0.408 e. The Balaban J connectivity index is 2.48. The molecule has 0 aliphatic carbocycles. The summed E-state index contributed by atoms with van der Waals surface area (Å²) in [6.45, 7) is 3.59. The van der Waals surface area contributed by atoms with Crippen molar-refractivity contribution >= 4 is 33.8 Å². The first-order chi connectivity index (χ1) is 9.19. The summed E-state index contributed by atoms with van der Waals surface area (Å²) < 4.78 is 1.02. The minimum Gasteiger partial charge on any atom is -0.465 e. The number of amides is 1. The molecule has 2 rings (SSSR count). The Morgan fingerprint density at radius 3 is 2.89 bits per heavy atom. The van der Waals surface area contributed by atoms with E-state index in [2.05, 4.69) is 6.58 Å². The van der Waals surface area contributed by atoms with E-state index in [1.807, 2.05) is 30.6 Å². The monoisotopic (exact) mass is 274 g/mol. The third-order valence-electron chi connectivity index (χ3n) is 2.80. The molecule has 0 aliphatic rings.